The Balaban J connectivity index is 2.50. The standard InChI is InChI=1S/C13H9Br3IN/c14-7-1-3-11(16)9(5-7)13(18)10-6-8(15)2-4-12(10)17/h1-6,13H,18H2. The monoisotopic (exact) mass is 543 g/mol. The Kier molecular flexibility index (Phi) is 5.28. The molecule has 2 aromatic carbocycles. The quantitative estimate of drug-likeness (QED) is 0.487. The van der Waals surface area contributed by atoms with Crippen LogP contribution in [-0.4, -0.2) is 0 Å². The molecule has 5 heteroatoms. The minimum Gasteiger partial charge on any atom is -0.320 e. The molecule has 0 aromatic heterocycles. The van der Waals surface area contributed by atoms with E-state index in [2.05, 4.69) is 82.5 Å². The van der Waals surface area contributed by atoms with Crippen molar-refractivity contribution < 1.29 is 0 Å². The molecular weight excluding hydrogens is 537 g/mol. The molecule has 0 heterocycles. The molecule has 0 amide bonds. The van der Waals surface area contributed by atoms with E-state index in [4.69, 9.17) is 5.73 Å². The Hall–Kier alpha value is 0.570. The molecular formula is C13H9Br3IN. The van der Waals surface area contributed by atoms with E-state index >= 15 is 0 Å². The van der Waals surface area contributed by atoms with Gasteiger partial charge in [-0.2, -0.15) is 0 Å². The zero-order valence-electron chi connectivity index (χ0n) is 9.13. The second kappa shape index (κ2) is 6.35. The lowest BCUT2D eigenvalue weighted by atomic mass is 10.00. The zero-order valence-corrected chi connectivity index (χ0v) is 16.0. The molecule has 0 saturated carbocycles. The van der Waals surface area contributed by atoms with Gasteiger partial charge in [-0.05, 0) is 70.1 Å². The Morgan fingerprint density at radius 1 is 0.889 bits per heavy atom. The number of benzene rings is 2. The second-order valence-corrected chi connectivity index (χ2v) is 7.66. The predicted octanol–water partition coefficient (Wildman–Crippen LogP) is 5.63. The highest BCUT2D eigenvalue weighted by Crippen LogP contribution is 2.32. The SMILES string of the molecule is NC(c1cc(Br)ccc1Br)c1cc(Br)ccc1I. The minimum atomic E-state index is -0.152. The Bertz CT molecular complexity index is 535. The summed E-state index contributed by atoms with van der Waals surface area (Å²) in [6.45, 7) is 0. The van der Waals surface area contributed by atoms with E-state index < -0.39 is 0 Å². The van der Waals surface area contributed by atoms with Crippen molar-refractivity contribution in [2.24, 2.45) is 5.73 Å². The summed E-state index contributed by atoms with van der Waals surface area (Å²) in [6, 6.07) is 12.0. The summed E-state index contributed by atoms with van der Waals surface area (Å²) < 4.78 is 4.25. The third-order valence-electron chi connectivity index (χ3n) is 2.59. The molecule has 0 saturated heterocycles. The van der Waals surface area contributed by atoms with Gasteiger partial charge in [0, 0.05) is 17.0 Å². The van der Waals surface area contributed by atoms with Crippen LogP contribution in [0.1, 0.15) is 17.2 Å². The van der Waals surface area contributed by atoms with E-state index in [1.54, 1.807) is 0 Å². The molecule has 2 N–H and O–H groups in total. The molecule has 1 unspecified atom stereocenters. The average molecular weight is 546 g/mol. The van der Waals surface area contributed by atoms with Crippen molar-refractivity contribution in [3.8, 4) is 0 Å². The van der Waals surface area contributed by atoms with Gasteiger partial charge in [0.2, 0.25) is 0 Å². The molecule has 0 aliphatic heterocycles. The van der Waals surface area contributed by atoms with Crippen LogP contribution in [0.3, 0.4) is 0 Å². The van der Waals surface area contributed by atoms with Crippen LogP contribution in [0.25, 0.3) is 0 Å². The summed E-state index contributed by atoms with van der Waals surface area (Å²) in [7, 11) is 0. The molecule has 0 spiro atoms. The molecule has 1 nitrogen and oxygen atoms in total. The van der Waals surface area contributed by atoms with Gasteiger partial charge in [0.1, 0.15) is 0 Å². The van der Waals surface area contributed by atoms with Crippen LogP contribution in [0.4, 0.5) is 0 Å². The summed E-state index contributed by atoms with van der Waals surface area (Å²) in [6.07, 6.45) is 0. The van der Waals surface area contributed by atoms with Crippen LogP contribution in [-0.2, 0) is 0 Å². The summed E-state index contributed by atoms with van der Waals surface area (Å²) in [4.78, 5) is 0. The summed E-state index contributed by atoms with van der Waals surface area (Å²) in [5.74, 6) is 0. The highest BCUT2D eigenvalue weighted by molar-refractivity contribution is 14.1. The molecule has 0 bridgehead atoms. The maximum Gasteiger partial charge on any atom is 0.0574 e. The van der Waals surface area contributed by atoms with Gasteiger partial charge < -0.3 is 5.73 Å². The smallest absolute Gasteiger partial charge is 0.0574 e. The molecule has 0 aliphatic carbocycles. The van der Waals surface area contributed by atoms with Crippen molar-refractivity contribution >= 4 is 70.4 Å². The van der Waals surface area contributed by atoms with Crippen LogP contribution in [0.15, 0.2) is 49.8 Å². The average Bonchev–Trinajstić information content (AvgIpc) is 2.34. The van der Waals surface area contributed by atoms with Crippen molar-refractivity contribution in [2.45, 2.75) is 6.04 Å². The number of nitrogens with two attached hydrogens (primary N) is 1. The molecule has 2 rings (SSSR count). The van der Waals surface area contributed by atoms with Crippen molar-refractivity contribution in [3.63, 3.8) is 0 Å². The fraction of sp³-hybridized carbons (Fsp3) is 0.0769. The van der Waals surface area contributed by atoms with E-state index in [1.165, 1.54) is 0 Å². The van der Waals surface area contributed by atoms with E-state index in [0.29, 0.717) is 0 Å². The normalized spacial score (nSPS) is 12.5. The van der Waals surface area contributed by atoms with Crippen LogP contribution in [0.5, 0.6) is 0 Å². The van der Waals surface area contributed by atoms with E-state index in [0.717, 1.165) is 28.1 Å². The second-order valence-electron chi connectivity index (χ2n) is 3.81. The Labute approximate surface area is 145 Å². The first kappa shape index (κ1) is 15.0. The van der Waals surface area contributed by atoms with Crippen molar-refractivity contribution in [1.82, 2.24) is 0 Å². The number of hydrogen-bond donors (Lipinski definition) is 1. The number of hydrogen-bond acceptors (Lipinski definition) is 1. The van der Waals surface area contributed by atoms with Gasteiger partial charge in [-0.25, -0.2) is 0 Å². The van der Waals surface area contributed by atoms with Gasteiger partial charge >= 0.3 is 0 Å². The van der Waals surface area contributed by atoms with Gasteiger partial charge in [0.25, 0.3) is 0 Å². The molecule has 94 valence electrons. The van der Waals surface area contributed by atoms with Gasteiger partial charge in [-0.3, -0.25) is 0 Å². The lowest BCUT2D eigenvalue weighted by Crippen LogP contribution is -2.14. The van der Waals surface area contributed by atoms with Crippen molar-refractivity contribution in [1.29, 1.82) is 0 Å². The number of halogens is 4. The molecule has 0 fully saturated rings. The molecule has 1 atom stereocenters. The van der Waals surface area contributed by atoms with Gasteiger partial charge in [0.05, 0.1) is 6.04 Å². The third kappa shape index (κ3) is 3.36. The van der Waals surface area contributed by atoms with Gasteiger partial charge in [-0.15, -0.1) is 0 Å². The first-order valence-corrected chi connectivity index (χ1v) is 8.60. The Morgan fingerprint density at radius 3 is 2.11 bits per heavy atom. The Morgan fingerprint density at radius 2 is 1.44 bits per heavy atom. The molecule has 2 aromatic rings. The zero-order chi connectivity index (χ0) is 13.3. The maximum absolute atomic E-state index is 6.38. The van der Waals surface area contributed by atoms with E-state index in [9.17, 15) is 0 Å². The van der Waals surface area contributed by atoms with Crippen LogP contribution >= 0.6 is 70.4 Å². The predicted molar refractivity (Wildman–Crippen MR) is 94.7 cm³/mol. The summed E-state index contributed by atoms with van der Waals surface area (Å²) in [5.41, 5.74) is 8.56. The summed E-state index contributed by atoms with van der Waals surface area (Å²) in [5, 5.41) is 0. The summed E-state index contributed by atoms with van der Waals surface area (Å²) >= 11 is 12.8. The van der Waals surface area contributed by atoms with Crippen LogP contribution < -0.4 is 5.73 Å². The topological polar surface area (TPSA) is 26.0 Å². The van der Waals surface area contributed by atoms with Gasteiger partial charge in [-0.1, -0.05) is 47.8 Å². The van der Waals surface area contributed by atoms with E-state index in [1.807, 2.05) is 24.3 Å². The molecule has 0 radical (unpaired) electrons. The molecule has 18 heavy (non-hydrogen) atoms. The van der Waals surface area contributed by atoms with Crippen molar-refractivity contribution in [2.75, 3.05) is 0 Å². The highest BCUT2D eigenvalue weighted by Gasteiger charge is 2.15. The van der Waals surface area contributed by atoms with Crippen LogP contribution in [0.2, 0.25) is 0 Å². The highest BCUT2D eigenvalue weighted by atomic mass is 127. The minimum absolute atomic E-state index is 0.152. The van der Waals surface area contributed by atoms with Crippen molar-refractivity contribution in [3.05, 3.63) is 64.5 Å². The number of rotatable bonds is 2. The van der Waals surface area contributed by atoms with Gasteiger partial charge in [0.15, 0.2) is 0 Å². The maximum atomic E-state index is 6.38. The fourth-order valence-electron chi connectivity index (χ4n) is 1.67. The first-order valence-electron chi connectivity index (χ1n) is 5.14. The van der Waals surface area contributed by atoms with Crippen LogP contribution in [0, 0.1) is 3.57 Å². The lowest BCUT2D eigenvalue weighted by molar-refractivity contribution is 0.858. The molecule has 0 aliphatic rings. The largest absolute Gasteiger partial charge is 0.320 e. The third-order valence-corrected chi connectivity index (χ3v) is 5.28. The fourth-order valence-corrected chi connectivity index (χ4v) is 3.60. The lowest BCUT2D eigenvalue weighted by Gasteiger charge is -2.17. The van der Waals surface area contributed by atoms with E-state index in [-0.39, 0.29) is 6.04 Å². The first-order chi connectivity index (χ1) is 8.49.